The minimum atomic E-state index is -0.350. The second kappa shape index (κ2) is 8.74. The molecule has 0 aromatic heterocycles. The number of carbonyl (C=O) groups is 2. The number of halogens is 1. The van der Waals surface area contributed by atoms with Crippen molar-refractivity contribution >= 4 is 11.8 Å². The van der Waals surface area contributed by atoms with Gasteiger partial charge in [0.2, 0.25) is 5.91 Å². The highest BCUT2D eigenvalue weighted by atomic mass is 19.1. The summed E-state index contributed by atoms with van der Waals surface area (Å²) in [6.07, 6.45) is 2.53. The van der Waals surface area contributed by atoms with Gasteiger partial charge in [0.25, 0.3) is 5.91 Å². The van der Waals surface area contributed by atoms with Gasteiger partial charge in [-0.15, -0.1) is 0 Å². The molecule has 2 amide bonds. The zero-order valence-electron chi connectivity index (χ0n) is 16.4. The van der Waals surface area contributed by atoms with Crippen LogP contribution in [0.25, 0.3) is 0 Å². The van der Waals surface area contributed by atoms with Crippen molar-refractivity contribution < 1.29 is 14.0 Å². The third-order valence-corrected chi connectivity index (χ3v) is 5.87. The molecule has 2 aliphatic heterocycles. The summed E-state index contributed by atoms with van der Waals surface area (Å²) in [6, 6.07) is 14.0. The molecule has 4 rings (SSSR count). The summed E-state index contributed by atoms with van der Waals surface area (Å²) in [5.74, 6) is -0.350. The molecule has 6 heteroatoms. The second-order valence-electron chi connectivity index (χ2n) is 7.86. The maximum absolute atomic E-state index is 13.0. The summed E-state index contributed by atoms with van der Waals surface area (Å²) in [6.45, 7) is 3.47. The van der Waals surface area contributed by atoms with Gasteiger partial charge < -0.3 is 10.2 Å². The van der Waals surface area contributed by atoms with Crippen molar-refractivity contribution in [2.45, 2.75) is 31.8 Å². The first-order valence-electron chi connectivity index (χ1n) is 10.2. The number of hydrogen-bond donors (Lipinski definition) is 1. The van der Waals surface area contributed by atoms with E-state index in [4.69, 9.17) is 0 Å². The van der Waals surface area contributed by atoms with Crippen molar-refractivity contribution in [3.8, 4) is 0 Å². The molecule has 0 aliphatic carbocycles. The molecule has 2 aromatic rings. The Morgan fingerprint density at radius 2 is 1.66 bits per heavy atom. The Balaban J connectivity index is 1.23. The average Bonchev–Trinajstić information content (AvgIpc) is 2.75. The van der Waals surface area contributed by atoms with E-state index in [-0.39, 0.29) is 23.7 Å². The Morgan fingerprint density at radius 1 is 0.966 bits per heavy atom. The molecule has 1 fully saturated rings. The Hall–Kier alpha value is -2.73. The molecule has 2 aromatic carbocycles. The van der Waals surface area contributed by atoms with Crippen LogP contribution >= 0.6 is 0 Å². The second-order valence-corrected chi connectivity index (χ2v) is 7.86. The summed E-state index contributed by atoms with van der Waals surface area (Å²) in [4.78, 5) is 29.1. The number of rotatable bonds is 4. The quantitative estimate of drug-likeness (QED) is 0.866. The fourth-order valence-corrected chi connectivity index (χ4v) is 4.11. The molecule has 0 bridgehead atoms. The zero-order valence-corrected chi connectivity index (χ0v) is 16.4. The van der Waals surface area contributed by atoms with E-state index in [0.717, 1.165) is 38.9 Å². The van der Waals surface area contributed by atoms with E-state index in [2.05, 4.69) is 28.4 Å². The minimum absolute atomic E-state index is 0.0840. The van der Waals surface area contributed by atoms with Crippen molar-refractivity contribution in [2.24, 2.45) is 0 Å². The first-order chi connectivity index (χ1) is 14.1. The minimum Gasteiger partial charge on any atom is -0.349 e. The number of amides is 2. The van der Waals surface area contributed by atoms with Gasteiger partial charge in [0, 0.05) is 37.8 Å². The first kappa shape index (κ1) is 19.6. The van der Waals surface area contributed by atoms with Gasteiger partial charge in [0.15, 0.2) is 0 Å². The van der Waals surface area contributed by atoms with Gasteiger partial charge in [-0.2, -0.15) is 0 Å². The summed E-state index contributed by atoms with van der Waals surface area (Å²) >= 11 is 0. The first-order valence-corrected chi connectivity index (χ1v) is 10.2. The fraction of sp³-hybridized carbons (Fsp3) is 0.391. The molecule has 29 heavy (non-hydrogen) atoms. The zero-order chi connectivity index (χ0) is 20.2. The van der Waals surface area contributed by atoms with Crippen LogP contribution in [0.5, 0.6) is 0 Å². The van der Waals surface area contributed by atoms with Crippen LogP contribution in [0.4, 0.5) is 4.39 Å². The predicted octanol–water partition coefficient (Wildman–Crippen LogP) is 2.60. The number of carbonyl (C=O) groups excluding carboxylic acids is 2. The van der Waals surface area contributed by atoms with E-state index in [1.54, 1.807) is 0 Å². The number of benzene rings is 2. The molecular weight excluding hydrogens is 369 g/mol. The van der Waals surface area contributed by atoms with Crippen LogP contribution in [0.3, 0.4) is 0 Å². The van der Waals surface area contributed by atoms with E-state index in [1.807, 2.05) is 11.0 Å². The summed E-state index contributed by atoms with van der Waals surface area (Å²) < 4.78 is 13.0. The third kappa shape index (κ3) is 4.82. The number of nitrogens with one attached hydrogen (secondary N) is 1. The lowest BCUT2D eigenvalue weighted by atomic mass is 10.00. The Bertz CT molecular complexity index is 876. The molecule has 0 unspecified atom stereocenters. The van der Waals surface area contributed by atoms with Crippen molar-refractivity contribution in [3.05, 3.63) is 71.0 Å². The Kier molecular flexibility index (Phi) is 5.90. The highest BCUT2D eigenvalue weighted by molar-refractivity contribution is 5.94. The lowest BCUT2D eigenvalue weighted by Gasteiger charge is -2.34. The van der Waals surface area contributed by atoms with Crippen LogP contribution in [0, 0.1) is 5.82 Å². The maximum Gasteiger partial charge on any atom is 0.251 e. The predicted molar refractivity (Wildman–Crippen MR) is 109 cm³/mol. The number of hydrogen-bond acceptors (Lipinski definition) is 3. The van der Waals surface area contributed by atoms with Crippen LogP contribution < -0.4 is 5.32 Å². The normalized spacial score (nSPS) is 17.6. The monoisotopic (exact) mass is 395 g/mol. The van der Waals surface area contributed by atoms with Gasteiger partial charge in [0.1, 0.15) is 5.82 Å². The van der Waals surface area contributed by atoms with Gasteiger partial charge in [-0.3, -0.25) is 14.5 Å². The van der Waals surface area contributed by atoms with E-state index < -0.39 is 0 Å². The maximum atomic E-state index is 13.0. The molecule has 0 saturated carbocycles. The van der Waals surface area contributed by atoms with Gasteiger partial charge in [-0.25, -0.2) is 4.39 Å². The lowest BCUT2D eigenvalue weighted by Crippen LogP contribution is -2.48. The van der Waals surface area contributed by atoms with Gasteiger partial charge in [-0.05, 0) is 54.7 Å². The third-order valence-electron chi connectivity index (χ3n) is 5.87. The number of likely N-dealkylation sites (tertiary alicyclic amines) is 1. The van der Waals surface area contributed by atoms with Crippen molar-refractivity contribution in [1.82, 2.24) is 15.1 Å². The Morgan fingerprint density at radius 3 is 2.38 bits per heavy atom. The van der Waals surface area contributed by atoms with Crippen LogP contribution in [-0.2, 0) is 17.8 Å². The highest BCUT2D eigenvalue weighted by Crippen LogP contribution is 2.19. The van der Waals surface area contributed by atoms with Gasteiger partial charge >= 0.3 is 0 Å². The summed E-state index contributed by atoms with van der Waals surface area (Å²) in [5.41, 5.74) is 3.05. The smallest absolute Gasteiger partial charge is 0.251 e. The number of fused-ring (bicyclic) bond motifs is 1. The van der Waals surface area contributed by atoms with E-state index in [0.29, 0.717) is 18.7 Å². The molecule has 2 aliphatic rings. The van der Waals surface area contributed by atoms with Crippen molar-refractivity contribution in [1.29, 1.82) is 0 Å². The number of nitrogens with zero attached hydrogens (tertiary/aromatic N) is 2. The average molecular weight is 395 g/mol. The van der Waals surface area contributed by atoms with Gasteiger partial charge in [0.05, 0.1) is 6.54 Å². The van der Waals surface area contributed by atoms with E-state index in [1.165, 1.54) is 35.4 Å². The van der Waals surface area contributed by atoms with E-state index >= 15 is 0 Å². The SMILES string of the molecule is O=C(NC1CCN(CC(=O)N2CCc3ccccc3C2)CC1)c1ccc(F)cc1. The van der Waals surface area contributed by atoms with E-state index in [9.17, 15) is 14.0 Å². The standard InChI is InChI=1S/C23H26FN3O2/c24-20-7-5-18(6-8-20)23(29)25-21-10-12-26(13-11-21)16-22(28)27-14-9-17-3-1-2-4-19(17)15-27/h1-8,21H,9-16H2,(H,25,29). The van der Waals surface area contributed by atoms with Crippen LogP contribution in [0.1, 0.15) is 34.3 Å². The largest absolute Gasteiger partial charge is 0.349 e. The molecule has 0 spiro atoms. The molecule has 152 valence electrons. The van der Waals surface area contributed by atoms with Crippen LogP contribution in [0.2, 0.25) is 0 Å². The molecule has 5 nitrogen and oxygen atoms in total. The Labute approximate surface area is 170 Å². The molecular formula is C23H26FN3O2. The number of piperidine rings is 1. The molecule has 1 saturated heterocycles. The molecule has 0 atom stereocenters. The van der Waals surface area contributed by atoms with Crippen molar-refractivity contribution in [2.75, 3.05) is 26.2 Å². The fourth-order valence-electron chi connectivity index (χ4n) is 4.11. The summed E-state index contributed by atoms with van der Waals surface area (Å²) in [5, 5.41) is 3.02. The lowest BCUT2D eigenvalue weighted by molar-refractivity contribution is -0.133. The molecule has 2 heterocycles. The van der Waals surface area contributed by atoms with Gasteiger partial charge in [-0.1, -0.05) is 24.3 Å². The highest BCUT2D eigenvalue weighted by Gasteiger charge is 2.26. The summed E-state index contributed by atoms with van der Waals surface area (Å²) in [7, 11) is 0. The van der Waals surface area contributed by atoms with Crippen LogP contribution in [0.15, 0.2) is 48.5 Å². The van der Waals surface area contributed by atoms with Crippen molar-refractivity contribution in [3.63, 3.8) is 0 Å². The molecule has 0 radical (unpaired) electrons. The molecule has 1 N–H and O–H groups in total. The van der Waals surface area contributed by atoms with Crippen LogP contribution in [-0.4, -0.2) is 53.8 Å². The topological polar surface area (TPSA) is 52.7 Å².